The largest absolute Gasteiger partial charge is 0.467 e. The number of esters is 1. The number of amides is 6. The van der Waals surface area contributed by atoms with Gasteiger partial charge in [-0.2, -0.15) is 0 Å². The number of benzene rings is 2. The molecule has 0 unspecified atom stereocenters. The van der Waals surface area contributed by atoms with Crippen LogP contribution in [0, 0.1) is 5.92 Å². The zero-order valence-corrected chi connectivity index (χ0v) is 31.5. The van der Waals surface area contributed by atoms with E-state index < -0.39 is 65.1 Å². The Kier molecular flexibility index (Phi) is 15.9. The van der Waals surface area contributed by atoms with Gasteiger partial charge in [0.1, 0.15) is 30.3 Å². The molecule has 6 amide bonds. The number of carbonyl (C=O) groups excluding carboxylic acids is 6. The Labute approximate surface area is 305 Å². The molecule has 0 saturated heterocycles. The highest BCUT2D eigenvalue weighted by molar-refractivity contribution is 5.98. The van der Waals surface area contributed by atoms with Crippen LogP contribution in [0.4, 0.5) is 20.1 Å². The predicted molar refractivity (Wildman–Crippen MR) is 195 cm³/mol. The minimum Gasteiger partial charge on any atom is -0.467 e. The standard InChI is InChI=1S/C37H54N6O9/c1-23(2)28(42-34(48)52-36(3,4)5)31(45)41-27(16-13-21-39-33(38)47)30(44)40-26-19-17-24(18-20-26)22-51-35(49)43(8)29(32(46)50-9)37(6,7)25-14-11-10-12-15-25/h10-12,14-15,17-20,23,27-29H,13,16,21-22H2,1-9H3,(H,40,44)(H,41,45)(H,42,48)(H3,38,39,47)/t27-,28-,29+/m0/s1. The van der Waals surface area contributed by atoms with Crippen LogP contribution in [0.15, 0.2) is 54.6 Å². The van der Waals surface area contributed by atoms with Gasteiger partial charge >= 0.3 is 24.2 Å². The molecule has 0 spiro atoms. The van der Waals surface area contributed by atoms with Crippen LogP contribution in [-0.2, 0) is 40.6 Å². The van der Waals surface area contributed by atoms with E-state index >= 15 is 0 Å². The number of likely N-dealkylation sites (N-methyl/N-ethyl adjacent to an activating group) is 1. The maximum atomic E-state index is 13.4. The van der Waals surface area contributed by atoms with Crippen molar-refractivity contribution in [2.75, 3.05) is 26.0 Å². The molecule has 0 aliphatic rings. The summed E-state index contributed by atoms with van der Waals surface area (Å²) in [5.74, 6) is -2.06. The number of nitrogens with two attached hydrogens (primary N) is 1. The molecule has 0 heterocycles. The average molecular weight is 727 g/mol. The van der Waals surface area contributed by atoms with E-state index in [2.05, 4.69) is 21.3 Å². The lowest BCUT2D eigenvalue weighted by Gasteiger charge is -2.38. The van der Waals surface area contributed by atoms with E-state index in [-0.39, 0.29) is 25.5 Å². The molecule has 286 valence electrons. The fraction of sp³-hybridized carbons (Fsp3) is 0.514. The van der Waals surface area contributed by atoms with Crippen LogP contribution in [0.5, 0.6) is 0 Å². The third-order valence-electron chi connectivity index (χ3n) is 8.11. The summed E-state index contributed by atoms with van der Waals surface area (Å²) in [5, 5.41) is 10.5. The number of nitrogens with zero attached hydrogens (tertiary/aromatic N) is 1. The van der Waals surface area contributed by atoms with Crippen molar-refractivity contribution >= 4 is 41.7 Å². The minimum absolute atomic E-state index is 0.121. The van der Waals surface area contributed by atoms with Gasteiger partial charge in [-0.1, -0.05) is 70.2 Å². The molecule has 2 rings (SSSR count). The molecule has 2 aromatic carbocycles. The first kappa shape index (κ1) is 42.8. The monoisotopic (exact) mass is 726 g/mol. The van der Waals surface area contributed by atoms with E-state index in [0.717, 1.165) is 5.56 Å². The minimum atomic E-state index is -1.04. The topological polar surface area (TPSA) is 207 Å². The smallest absolute Gasteiger partial charge is 0.410 e. The van der Waals surface area contributed by atoms with Crippen molar-refractivity contribution in [2.45, 2.75) is 97.1 Å². The lowest BCUT2D eigenvalue weighted by atomic mass is 9.77. The number of ether oxygens (including phenoxy) is 3. The number of nitrogens with one attached hydrogen (secondary N) is 4. The average Bonchev–Trinajstić information content (AvgIpc) is 3.07. The van der Waals surface area contributed by atoms with E-state index in [0.29, 0.717) is 17.7 Å². The molecule has 0 aromatic heterocycles. The second-order valence-electron chi connectivity index (χ2n) is 14.2. The van der Waals surface area contributed by atoms with E-state index in [4.69, 9.17) is 19.9 Å². The zero-order valence-electron chi connectivity index (χ0n) is 31.5. The van der Waals surface area contributed by atoms with E-state index in [1.54, 1.807) is 58.9 Å². The number of methoxy groups -OCH3 is 1. The van der Waals surface area contributed by atoms with Gasteiger partial charge in [0, 0.05) is 24.7 Å². The van der Waals surface area contributed by atoms with Crippen molar-refractivity contribution in [1.29, 1.82) is 0 Å². The molecule has 0 saturated carbocycles. The molecule has 6 N–H and O–H groups in total. The number of rotatable bonds is 16. The Morgan fingerprint density at radius 2 is 1.48 bits per heavy atom. The summed E-state index contributed by atoms with van der Waals surface area (Å²) in [6, 6.07) is 12.1. The number of urea groups is 1. The fourth-order valence-corrected chi connectivity index (χ4v) is 5.36. The van der Waals surface area contributed by atoms with E-state index in [1.807, 2.05) is 44.2 Å². The lowest BCUT2D eigenvalue weighted by molar-refractivity contribution is -0.148. The number of anilines is 1. The van der Waals surface area contributed by atoms with Crippen LogP contribution in [0.25, 0.3) is 0 Å². The van der Waals surface area contributed by atoms with Crippen LogP contribution in [0.3, 0.4) is 0 Å². The third kappa shape index (κ3) is 13.4. The quantitative estimate of drug-likeness (QED) is 0.0953. The second kappa shape index (κ2) is 19.3. The molecule has 3 atom stereocenters. The molecule has 0 aliphatic carbocycles. The van der Waals surface area contributed by atoms with Crippen molar-refractivity contribution in [3.05, 3.63) is 65.7 Å². The normalized spacial score (nSPS) is 13.1. The summed E-state index contributed by atoms with van der Waals surface area (Å²) in [4.78, 5) is 77.5. The Morgan fingerprint density at radius 1 is 0.865 bits per heavy atom. The molecule has 15 heteroatoms. The zero-order chi connectivity index (χ0) is 39.2. The van der Waals surface area contributed by atoms with Crippen LogP contribution in [0.1, 0.15) is 72.4 Å². The Bertz CT molecular complexity index is 1520. The Balaban J connectivity index is 2.12. The number of carbonyl (C=O) groups is 6. The van der Waals surface area contributed by atoms with Crippen molar-refractivity contribution < 1.29 is 43.0 Å². The van der Waals surface area contributed by atoms with Crippen LogP contribution in [0.2, 0.25) is 0 Å². The van der Waals surface area contributed by atoms with Crippen molar-refractivity contribution in [3.63, 3.8) is 0 Å². The highest BCUT2D eigenvalue weighted by Crippen LogP contribution is 2.31. The molecule has 0 fully saturated rings. The highest BCUT2D eigenvalue weighted by Gasteiger charge is 2.43. The molecule has 15 nitrogen and oxygen atoms in total. The molecule has 0 radical (unpaired) electrons. The Morgan fingerprint density at radius 3 is 2.02 bits per heavy atom. The van der Waals surface area contributed by atoms with E-state index in [1.165, 1.54) is 19.1 Å². The van der Waals surface area contributed by atoms with Crippen LogP contribution < -0.4 is 27.0 Å². The maximum Gasteiger partial charge on any atom is 0.410 e. The van der Waals surface area contributed by atoms with E-state index in [9.17, 15) is 28.8 Å². The van der Waals surface area contributed by atoms with Crippen molar-refractivity contribution in [2.24, 2.45) is 11.7 Å². The first-order valence-electron chi connectivity index (χ1n) is 17.0. The second-order valence-corrected chi connectivity index (χ2v) is 14.2. The highest BCUT2D eigenvalue weighted by atomic mass is 16.6. The molecular formula is C37H54N6O9. The fourth-order valence-electron chi connectivity index (χ4n) is 5.36. The number of hydrogen-bond acceptors (Lipinski definition) is 9. The summed E-state index contributed by atoms with van der Waals surface area (Å²) in [6.07, 6.45) is -1.05. The summed E-state index contributed by atoms with van der Waals surface area (Å²) in [5.41, 5.74) is 5.41. The number of hydrogen-bond donors (Lipinski definition) is 5. The summed E-state index contributed by atoms with van der Waals surface area (Å²) >= 11 is 0. The number of alkyl carbamates (subject to hydrolysis) is 1. The van der Waals surface area contributed by atoms with Gasteiger partial charge in [-0.15, -0.1) is 0 Å². The first-order valence-corrected chi connectivity index (χ1v) is 17.0. The van der Waals surface area contributed by atoms with Crippen molar-refractivity contribution in [1.82, 2.24) is 20.9 Å². The van der Waals surface area contributed by atoms with Gasteiger partial charge < -0.3 is 41.2 Å². The molecular weight excluding hydrogens is 672 g/mol. The SMILES string of the molecule is COC(=O)[C@@H](N(C)C(=O)OCc1ccc(NC(=O)[C@H](CCCNC(N)=O)NC(=O)[C@@H](NC(=O)OC(C)(C)C)C(C)C)cc1)C(C)(C)c1ccccc1. The molecule has 52 heavy (non-hydrogen) atoms. The Hall–Kier alpha value is -5.34. The summed E-state index contributed by atoms with van der Waals surface area (Å²) in [6.45, 7) is 12.3. The van der Waals surface area contributed by atoms with Gasteiger partial charge in [0.05, 0.1) is 7.11 Å². The van der Waals surface area contributed by atoms with Crippen LogP contribution >= 0.6 is 0 Å². The van der Waals surface area contributed by atoms with Gasteiger partial charge in [0.2, 0.25) is 11.8 Å². The molecule has 0 aliphatic heterocycles. The maximum absolute atomic E-state index is 13.4. The third-order valence-corrected chi connectivity index (χ3v) is 8.11. The van der Waals surface area contributed by atoms with Gasteiger partial charge in [0.25, 0.3) is 0 Å². The van der Waals surface area contributed by atoms with Gasteiger partial charge in [-0.3, -0.25) is 14.5 Å². The summed E-state index contributed by atoms with van der Waals surface area (Å²) in [7, 11) is 2.74. The molecule has 2 aromatic rings. The lowest BCUT2D eigenvalue weighted by Crippen LogP contribution is -2.55. The van der Waals surface area contributed by atoms with Crippen LogP contribution in [-0.4, -0.2) is 85.3 Å². The summed E-state index contributed by atoms with van der Waals surface area (Å²) < 4.78 is 15.9. The number of primary amides is 1. The van der Waals surface area contributed by atoms with Gasteiger partial charge in [-0.05, 0) is 62.8 Å². The van der Waals surface area contributed by atoms with Gasteiger partial charge in [0.15, 0.2) is 0 Å². The first-order chi connectivity index (χ1) is 24.3. The van der Waals surface area contributed by atoms with Gasteiger partial charge in [-0.25, -0.2) is 19.2 Å². The molecule has 0 bridgehead atoms. The predicted octanol–water partition coefficient (Wildman–Crippen LogP) is 4.20. The van der Waals surface area contributed by atoms with Crippen molar-refractivity contribution in [3.8, 4) is 0 Å².